The lowest BCUT2D eigenvalue weighted by molar-refractivity contribution is -0.140. The number of hydrogen-bond acceptors (Lipinski definition) is 6. The molecule has 0 unspecified atom stereocenters. The number of aliphatic carboxylic acids is 2. The molecule has 2 rings (SSSR count). The molecule has 0 aliphatic heterocycles. The minimum absolute atomic E-state index is 0.121. The third-order valence-corrected chi connectivity index (χ3v) is 3.24. The van der Waals surface area contributed by atoms with Crippen LogP contribution >= 0.6 is 0 Å². The molecule has 0 bridgehead atoms. The van der Waals surface area contributed by atoms with E-state index in [1.54, 1.807) is 6.92 Å². The van der Waals surface area contributed by atoms with E-state index in [0.717, 1.165) is 6.20 Å². The topological polar surface area (TPSA) is 146 Å². The van der Waals surface area contributed by atoms with E-state index in [-0.39, 0.29) is 28.8 Å². The van der Waals surface area contributed by atoms with E-state index in [1.165, 1.54) is 24.4 Å². The average molecular weight is 346 g/mol. The molecule has 130 valence electrons. The highest BCUT2D eigenvalue weighted by Gasteiger charge is 2.17. The first-order valence-corrected chi connectivity index (χ1v) is 7.11. The maximum absolute atomic E-state index is 12.4. The van der Waals surface area contributed by atoms with Crippen molar-refractivity contribution in [2.45, 2.75) is 6.92 Å². The number of carbonyl (C=O) groups excluding carboxylic acids is 1. The van der Waals surface area contributed by atoms with Crippen LogP contribution in [0.2, 0.25) is 0 Å². The SMILES string of the molecule is CCOC(=O)c1c[nH]c2c(NC=C(C(=O)O)C(=O)O)cccc2c1=O. The van der Waals surface area contributed by atoms with Gasteiger partial charge in [0, 0.05) is 17.8 Å². The molecule has 0 atom stereocenters. The Morgan fingerprint density at radius 2 is 1.92 bits per heavy atom. The molecule has 0 spiro atoms. The summed E-state index contributed by atoms with van der Waals surface area (Å²) in [6, 6.07) is 4.49. The first-order valence-electron chi connectivity index (χ1n) is 7.11. The summed E-state index contributed by atoms with van der Waals surface area (Å²) in [5, 5.41) is 20.4. The van der Waals surface area contributed by atoms with Crippen LogP contribution in [-0.4, -0.2) is 39.7 Å². The number of rotatable bonds is 6. The number of para-hydroxylation sites is 1. The van der Waals surface area contributed by atoms with Crippen LogP contribution in [0.1, 0.15) is 17.3 Å². The fourth-order valence-electron chi connectivity index (χ4n) is 2.10. The predicted octanol–water partition coefficient (Wildman–Crippen LogP) is 1.17. The molecule has 0 radical (unpaired) electrons. The summed E-state index contributed by atoms with van der Waals surface area (Å²) in [5.74, 6) is -3.99. The molecular weight excluding hydrogens is 332 g/mol. The number of pyridine rings is 1. The molecule has 9 nitrogen and oxygen atoms in total. The zero-order chi connectivity index (χ0) is 18.6. The van der Waals surface area contributed by atoms with Crippen LogP contribution in [0.5, 0.6) is 0 Å². The lowest BCUT2D eigenvalue weighted by Crippen LogP contribution is -2.18. The van der Waals surface area contributed by atoms with Gasteiger partial charge in [-0.1, -0.05) is 6.07 Å². The van der Waals surface area contributed by atoms with Gasteiger partial charge in [0.25, 0.3) is 0 Å². The average Bonchev–Trinajstić information content (AvgIpc) is 2.55. The number of ether oxygens (including phenoxy) is 1. The number of benzene rings is 1. The van der Waals surface area contributed by atoms with Gasteiger partial charge in [-0.3, -0.25) is 4.79 Å². The quantitative estimate of drug-likeness (QED) is 0.264. The van der Waals surface area contributed by atoms with E-state index in [1.807, 2.05) is 0 Å². The third kappa shape index (κ3) is 3.66. The molecule has 0 aliphatic rings. The molecule has 0 saturated heterocycles. The largest absolute Gasteiger partial charge is 0.477 e. The Kier molecular flexibility index (Phi) is 5.18. The van der Waals surface area contributed by atoms with Gasteiger partial charge in [-0.25, -0.2) is 14.4 Å². The van der Waals surface area contributed by atoms with E-state index in [4.69, 9.17) is 14.9 Å². The van der Waals surface area contributed by atoms with Gasteiger partial charge in [-0.15, -0.1) is 0 Å². The molecule has 25 heavy (non-hydrogen) atoms. The van der Waals surface area contributed by atoms with E-state index >= 15 is 0 Å². The zero-order valence-electron chi connectivity index (χ0n) is 13.0. The number of aromatic amines is 1. The van der Waals surface area contributed by atoms with Crippen LogP contribution in [0.4, 0.5) is 5.69 Å². The van der Waals surface area contributed by atoms with Gasteiger partial charge >= 0.3 is 17.9 Å². The summed E-state index contributed by atoms with van der Waals surface area (Å²) in [5.41, 5.74) is -1.05. The van der Waals surface area contributed by atoms with Crippen LogP contribution in [-0.2, 0) is 14.3 Å². The number of aromatic nitrogens is 1. The molecule has 4 N–H and O–H groups in total. The number of esters is 1. The van der Waals surface area contributed by atoms with Crippen LogP contribution in [0.25, 0.3) is 10.9 Å². The highest BCUT2D eigenvalue weighted by atomic mass is 16.5. The van der Waals surface area contributed by atoms with Crippen molar-refractivity contribution in [2.75, 3.05) is 11.9 Å². The molecule has 0 fully saturated rings. The summed E-state index contributed by atoms with van der Waals surface area (Å²) >= 11 is 0. The highest BCUT2D eigenvalue weighted by Crippen LogP contribution is 2.19. The molecule has 0 saturated carbocycles. The normalized spacial score (nSPS) is 10.1. The minimum Gasteiger partial charge on any atom is -0.477 e. The Balaban J connectivity index is 2.51. The summed E-state index contributed by atoms with van der Waals surface area (Å²) in [4.78, 5) is 48.6. The van der Waals surface area contributed by atoms with Crippen molar-refractivity contribution in [3.05, 3.63) is 52.0 Å². The lowest BCUT2D eigenvalue weighted by atomic mass is 10.1. The molecule has 1 heterocycles. The molecule has 2 aromatic rings. The zero-order valence-corrected chi connectivity index (χ0v) is 13.0. The van der Waals surface area contributed by atoms with Crippen molar-refractivity contribution in [1.82, 2.24) is 4.98 Å². The molecule has 0 aliphatic carbocycles. The first kappa shape index (κ1) is 17.7. The summed E-state index contributed by atoms with van der Waals surface area (Å²) < 4.78 is 4.80. The molecule has 1 aromatic heterocycles. The Bertz CT molecular complexity index is 927. The Hall–Kier alpha value is -3.62. The van der Waals surface area contributed by atoms with E-state index < -0.39 is 28.9 Å². The van der Waals surface area contributed by atoms with Crippen LogP contribution < -0.4 is 10.7 Å². The predicted molar refractivity (Wildman–Crippen MR) is 87.5 cm³/mol. The van der Waals surface area contributed by atoms with Crippen molar-refractivity contribution >= 4 is 34.5 Å². The number of fused-ring (bicyclic) bond motifs is 1. The Labute approximate surface area is 140 Å². The van der Waals surface area contributed by atoms with Crippen molar-refractivity contribution in [3.8, 4) is 0 Å². The van der Waals surface area contributed by atoms with Gasteiger partial charge in [0.05, 0.1) is 17.8 Å². The van der Waals surface area contributed by atoms with Gasteiger partial charge in [0.15, 0.2) is 5.57 Å². The van der Waals surface area contributed by atoms with Crippen molar-refractivity contribution in [3.63, 3.8) is 0 Å². The van der Waals surface area contributed by atoms with Crippen molar-refractivity contribution < 1.29 is 29.3 Å². The monoisotopic (exact) mass is 346 g/mol. The summed E-state index contributed by atoms with van der Waals surface area (Å²) in [6.07, 6.45) is 1.99. The van der Waals surface area contributed by atoms with Crippen LogP contribution in [0.3, 0.4) is 0 Å². The second kappa shape index (κ2) is 7.30. The highest BCUT2D eigenvalue weighted by molar-refractivity contribution is 6.12. The summed E-state index contributed by atoms with van der Waals surface area (Å²) in [7, 11) is 0. The maximum atomic E-state index is 12.4. The lowest BCUT2D eigenvalue weighted by Gasteiger charge is -2.08. The van der Waals surface area contributed by atoms with E-state index in [0.29, 0.717) is 0 Å². The minimum atomic E-state index is -1.61. The number of carboxylic acid groups (broad SMARTS) is 2. The Morgan fingerprint density at radius 3 is 2.52 bits per heavy atom. The van der Waals surface area contributed by atoms with E-state index in [9.17, 15) is 19.2 Å². The van der Waals surface area contributed by atoms with Crippen LogP contribution in [0, 0.1) is 0 Å². The number of nitrogens with one attached hydrogen (secondary N) is 2. The number of carbonyl (C=O) groups is 3. The first-order chi connectivity index (χ1) is 11.9. The molecular formula is C16H14N2O7. The fourth-order valence-corrected chi connectivity index (χ4v) is 2.10. The van der Waals surface area contributed by atoms with E-state index in [2.05, 4.69) is 10.3 Å². The summed E-state index contributed by atoms with van der Waals surface area (Å²) in [6.45, 7) is 1.74. The van der Waals surface area contributed by atoms with Gasteiger partial charge in [0.2, 0.25) is 5.43 Å². The maximum Gasteiger partial charge on any atom is 0.344 e. The van der Waals surface area contributed by atoms with Gasteiger partial charge in [-0.2, -0.15) is 0 Å². The van der Waals surface area contributed by atoms with Crippen molar-refractivity contribution in [1.29, 1.82) is 0 Å². The van der Waals surface area contributed by atoms with Crippen LogP contribution in [0.15, 0.2) is 41.0 Å². The number of hydrogen-bond donors (Lipinski definition) is 4. The Morgan fingerprint density at radius 1 is 1.24 bits per heavy atom. The second-order valence-electron chi connectivity index (χ2n) is 4.79. The number of H-pyrrole nitrogens is 1. The van der Waals surface area contributed by atoms with Gasteiger partial charge < -0.3 is 25.3 Å². The van der Waals surface area contributed by atoms with Gasteiger partial charge in [-0.05, 0) is 19.1 Å². The fraction of sp³-hybridized carbons (Fsp3) is 0.125. The molecule has 9 heteroatoms. The molecule has 1 aromatic carbocycles. The van der Waals surface area contributed by atoms with Crippen molar-refractivity contribution in [2.24, 2.45) is 0 Å². The number of carboxylic acids is 2. The molecule has 0 amide bonds. The standard InChI is InChI=1S/C16H14N2O7/c1-2-25-16(24)9-6-18-12-8(13(9)19)4-3-5-11(12)17-7-10(14(20)21)15(22)23/h3-7,17H,2H2,1H3,(H,18,19)(H,20,21)(H,22,23). The second-order valence-corrected chi connectivity index (χ2v) is 4.79. The van der Waals surface area contributed by atoms with Gasteiger partial charge in [0.1, 0.15) is 5.56 Å². The number of anilines is 1. The third-order valence-electron chi connectivity index (χ3n) is 3.24. The smallest absolute Gasteiger partial charge is 0.344 e.